The van der Waals surface area contributed by atoms with E-state index in [4.69, 9.17) is 21.1 Å². The fraction of sp³-hybridized carbons (Fsp3) is 0.0800. The van der Waals surface area contributed by atoms with Gasteiger partial charge in [0.15, 0.2) is 11.5 Å². The van der Waals surface area contributed by atoms with Crippen molar-refractivity contribution in [3.63, 3.8) is 0 Å². The molecule has 2 amide bonds. The lowest BCUT2D eigenvalue weighted by Crippen LogP contribution is -2.27. The Morgan fingerprint density at radius 2 is 1.77 bits per heavy atom. The molecule has 1 aliphatic heterocycles. The third-order valence-corrected chi connectivity index (χ3v) is 7.51. The highest BCUT2D eigenvalue weighted by molar-refractivity contribution is 9.10. The predicted molar refractivity (Wildman–Crippen MR) is 143 cm³/mol. The number of benzene rings is 3. The second-order valence-electron chi connectivity index (χ2n) is 7.29. The Morgan fingerprint density at radius 1 is 1.06 bits per heavy atom. The van der Waals surface area contributed by atoms with E-state index in [1.165, 1.54) is 12.0 Å². The van der Waals surface area contributed by atoms with Gasteiger partial charge in [-0.05, 0) is 87.4 Å². The molecule has 1 aliphatic rings. The molecule has 0 radical (unpaired) electrons. The monoisotopic (exact) mass is 635 g/mol. The lowest BCUT2D eigenvalue weighted by molar-refractivity contribution is -0.123. The molecule has 6 nitrogen and oxygen atoms in total. The van der Waals surface area contributed by atoms with Crippen molar-refractivity contribution in [2.45, 2.75) is 6.54 Å². The van der Waals surface area contributed by atoms with Crippen LogP contribution in [0.5, 0.6) is 11.5 Å². The molecule has 4 rings (SSSR count). The van der Waals surface area contributed by atoms with E-state index < -0.39 is 5.97 Å². The first-order valence-corrected chi connectivity index (χ1v) is 12.9. The zero-order valence-corrected chi connectivity index (χ0v) is 22.8. The Morgan fingerprint density at radius 3 is 2.46 bits per heavy atom. The van der Waals surface area contributed by atoms with Gasteiger partial charge in [0.25, 0.3) is 11.1 Å². The van der Waals surface area contributed by atoms with Gasteiger partial charge in [-0.2, -0.15) is 0 Å². The lowest BCUT2D eigenvalue weighted by Gasteiger charge is -2.14. The number of ether oxygens (including phenoxy) is 2. The summed E-state index contributed by atoms with van der Waals surface area (Å²) < 4.78 is 12.2. The van der Waals surface area contributed by atoms with Crippen molar-refractivity contribution in [3.05, 3.63) is 96.2 Å². The van der Waals surface area contributed by atoms with E-state index in [2.05, 4.69) is 31.9 Å². The van der Waals surface area contributed by atoms with Crippen LogP contribution in [0.2, 0.25) is 5.02 Å². The predicted octanol–water partition coefficient (Wildman–Crippen LogP) is 7.33. The van der Waals surface area contributed by atoms with Gasteiger partial charge in [-0.15, -0.1) is 0 Å². The van der Waals surface area contributed by atoms with E-state index in [0.29, 0.717) is 20.6 Å². The highest BCUT2D eigenvalue weighted by Crippen LogP contribution is 2.40. The molecule has 0 saturated carbocycles. The molecule has 35 heavy (non-hydrogen) atoms. The molecule has 0 atom stereocenters. The minimum Gasteiger partial charge on any atom is -0.493 e. The van der Waals surface area contributed by atoms with Gasteiger partial charge in [0.1, 0.15) is 0 Å². The summed E-state index contributed by atoms with van der Waals surface area (Å²) in [4.78, 5) is 39.5. The van der Waals surface area contributed by atoms with E-state index in [1.807, 2.05) is 24.3 Å². The normalized spacial score (nSPS) is 14.5. The summed E-state index contributed by atoms with van der Waals surface area (Å²) in [6, 6.07) is 17.0. The van der Waals surface area contributed by atoms with Crippen LogP contribution >= 0.6 is 55.2 Å². The molecule has 3 aromatic rings. The quantitative estimate of drug-likeness (QED) is 0.160. The first-order valence-electron chi connectivity index (χ1n) is 10.1. The number of rotatable bonds is 6. The number of imide groups is 1. The molecule has 0 aliphatic carbocycles. The molecule has 0 N–H and O–H groups in total. The van der Waals surface area contributed by atoms with Crippen LogP contribution in [0.3, 0.4) is 0 Å². The third-order valence-electron chi connectivity index (χ3n) is 4.98. The first kappa shape index (κ1) is 25.5. The van der Waals surface area contributed by atoms with Gasteiger partial charge in [0.05, 0.1) is 28.6 Å². The van der Waals surface area contributed by atoms with E-state index in [0.717, 1.165) is 21.8 Å². The lowest BCUT2D eigenvalue weighted by atomic mass is 10.1. The Labute approximate surface area is 227 Å². The first-order chi connectivity index (χ1) is 16.8. The molecule has 10 heteroatoms. The highest BCUT2D eigenvalue weighted by Gasteiger charge is 2.35. The van der Waals surface area contributed by atoms with Crippen molar-refractivity contribution in [1.29, 1.82) is 0 Å². The van der Waals surface area contributed by atoms with Gasteiger partial charge in [-0.25, -0.2) is 4.79 Å². The maximum Gasteiger partial charge on any atom is 0.343 e. The summed E-state index contributed by atoms with van der Waals surface area (Å²) in [5, 5.41) is 0.155. The summed E-state index contributed by atoms with van der Waals surface area (Å²) in [5.41, 5.74) is 1.74. The highest BCUT2D eigenvalue weighted by atomic mass is 79.9. The Kier molecular flexibility index (Phi) is 8.01. The molecule has 0 unspecified atom stereocenters. The van der Waals surface area contributed by atoms with Gasteiger partial charge < -0.3 is 9.47 Å². The largest absolute Gasteiger partial charge is 0.493 e. The van der Waals surface area contributed by atoms with E-state index >= 15 is 0 Å². The van der Waals surface area contributed by atoms with Crippen LogP contribution in [0.25, 0.3) is 6.08 Å². The topological polar surface area (TPSA) is 72.9 Å². The van der Waals surface area contributed by atoms with E-state index in [9.17, 15) is 14.4 Å². The fourth-order valence-electron chi connectivity index (χ4n) is 3.24. The summed E-state index contributed by atoms with van der Waals surface area (Å²) in [6.07, 6.45) is 1.60. The number of thioether (sulfide) groups is 1. The van der Waals surface area contributed by atoms with Crippen LogP contribution in [-0.2, 0) is 11.3 Å². The van der Waals surface area contributed by atoms with Gasteiger partial charge in [0.2, 0.25) is 0 Å². The van der Waals surface area contributed by atoms with Crippen LogP contribution in [-0.4, -0.2) is 29.1 Å². The van der Waals surface area contributed by atoms with Crippen molar-refractivity contribution >= 4 is 78.4 Å². The zero-order chi connectivity index (χ0) is 25.1. The maximum absolute atomic E-state index is 12.9. The number of esters is 1. The molecule has 178 valence electrons. The average molecular weight is 638 g/mol. The minimum atomic E-state index is -0.582. The molecule has 1 saturated heterocycles. The minimum absolute atomic E-state index is 0.163. The van der Waals surface area contributed by atoms with Crippen LogP contribution < -0.4 is 9.47 Å². The number of nitrogens with zero attached hydrogens (tertiary/aromatic N) is 1. The second kappa shape index (κ2) is 11.0. The average Bonchev–Trinajstić information content (AvgIpc) is 3.09. The molecule has 3 aromatic carbocycles. The molecular formula is C25H16Br2ClNO5S. The van der Waals surface area contributed by atoms with E-state index in [-0.39, 0.29) is 34.1 Å². The van der Waals surface area contributed by atoms with Crippen molar-refractivity contribution < 1.29 is 23.9 Å². The Bertz CT molecular complexity index is 1360. The molecule has 0 spiro atoms. The molecule has 1 heterocycles. The molecular weight excluding hydrogens is 622 g/mol. The number of carbonyl (C=O) groups excluding carboxylic acids is 3. The Hall–Kier alpha value is -2.59. The summed E-state index contributed by atoms with van der Waals surface area (Å²) >= 11 is 13.6. The third kappa shape index (κ3) is 5.81. The van der Waals surface area contributed by atoms with Gasteiger partial charge in [-0.1, -0.05) is 45.7 Å². The summed E-state index contributed by atoms with van der Waals surface area (Å²) in [6.45, 7) is 0.163. The molecule has 0 bridgehead atoms. The number of hydrogen-bond donors (Lipinski definition) is 0. The van der Waals surface area contributed by atoms with Crippen LogP contribution in [0, 0.1) is 0 Å². The van der Waals surface area contributed by atoms with Crippen molar-refractivity contribution in [1.82, 2.24) is 4.90 Å². The van der Waals surface area contributed by atoms with Crippen molar-refractivity contribution in [2.75, 3.05) is 7.11 Å². The number of hydrogen-bond acceptors (Lipinski definition) is 6. The molecule has 0 aromatic heterocycles. The van der Waals surface area contributed by atoms with Crippen LogP contribution in [0.4, 0.5) is 4.79 Å². The second-order valence-corrected chi connectivity index (χ2v) is 10.4. The van der Waals surface area contributed by atoms with Crippen LogP contribution in [0.15, 0.2) is 74.5 Å². The standard InChI is InChI=1S/C25H16Br2ClNO5S/c1-33-20-11-14(10-19(27)22(20)34-24(31)15-6-8-17(28)9-7-15)12-21-23(30)29(25(32)35-21)13-16-4-2-3-5-18(16)26/h2-12H,13H2,1H3/b21-12-. The van der Waals surface area contributed by atoms with Crippen LogP contribution in [0.1, 0.15) is 21.5 Å². The summed E-state index contributed by atoms with van der Waals surface area (Å²) in [7, 11) is 1.44. The number of amides is 2. The molecule has 1 fully saturated rings. The number of halogens is 3. The van der Waals surface area contributed by atoms with Crippen molar-refractivity contribution in [3.8, 4) is 11.5 Å². The van der Waals surface area contributed by atoms with Gasteiger partial charge in [0, 0.05) is 9.50 Å². The number of carbonyl (C=O) groups is 3. The Balaban J connectivity index is 1.57. The van der Waals surface area contributed by atoms with Gasteiger partial charge >= 0.3 is 5.97 Å². The maximum atomic E-state index is 12.9. The SMILES string of the molecule is COc1cc(/C=C2\SC(=O)N(Cc3ccccc3Br)C2=O)cc(Br)c1OC(=O)c1ccc(Cl)cc1. The smallest absolute Gasteiger partial charge is 0.343 e. The van der Waals surface area contributed by atoms with Crippen molar-refractivity contribution in [2.24, 2.45) is 0 Å². The number of methoxy groups -OCH3 is 1. The summed E-state index contributed by atoms with van der Waals surface area (Å²) in [5.74, 6) is -0.502. The van der Waals surface area contributed by atoms with E-state index in [1.54, 1.807) is 42.5 Å². The van der Waals surface area contributed by atoms with Gasteiger partial charge in [-0.3, -0.25) is 14.5 Å². The fourth-order valence-corrected chi connectivity index (χ4v) is 5.16. The zero-order valence-electron chi connectivity index (χ0n) is 18.1.